The van der Waals surface area contributed by atoms with E-state index in [0.29, 0.717) is 30.2 Å². The van der Waals surface area contributed by atoms with Crippen LogP contribution in [-0.4, -0.2) is 36.6 Å². The van der Waals surface area contributed by atoms with Crippen LogP contribution in [0.15, 0.2) is 24.4 Å². The van der Waals surface area contributed by atoms with Crippen molar-refractivity contribution in [2.24, 2.45) is 11.1 Å². The number of pyridine rings is 1. The monoisotopic (exact) mass is 357 g/mol. The standard InChI is InChI=1S/C19H23N3O4/c1-4-19(2)9-16(23)22-15(19)10-26-18-12-8-14(25-3)13(17(20)24)7-11(12)5-6-21-18/h5-8,15H,4,9-10H2,1-3H3,(H2,20,24)(H,22,23)/t15-,19-/m1/s1. The van der Waals surface area contributed by atoms with Crippen molar-refractivity contribution in [1.29, 1.82) is 0 Å². The minimum Gasteiger partial charge on any atom is -0.496 e. The third kappa shape index (κ3) is 3.16. The summed E-state index contributed by atoms with van der Waals surface area (Å²) in [5.41, 5.74) is 5.58. The van der Waals surface area contributed by atoms with Gasteiger partial charge in [-0.25, -0.2) is 4.98 Å². The van der Waals surface area contributed by atoms with Crippen LogP contribution in [0, 0.1) is 5.41 Å². The molecule has 3 N–H and O–H groups in total. The molecule has 1 aliphatic rings. The van der Waals surface area contributed by atoms with Gasteiger partial charge in [0.25, 0.3) is 5.91 Å². The molecule has 3 rings (SSSR count). The molecule has 2 atom stereocenters. The number of nitrogens with one attached hydrogen (secondary N) is 1. The molecule has 0 radical (unpaired) electrons. The second-order valence-corrected chi connectivity index (χ2v) is 6.87. The topological polar surface area (TPSA) is 104 Å². The molecule has 7 nitrogen and oxygen atoms in total. The number of rotatable bonds is 6. The third-order valence-corrected chi connectivity index (χ3v) is 5.25. The van der Waals surface area contributed by atoms with Gasteiger partial charge in [0.05, 0.1) is 18.7 Å². The second kappa shape index (κ2) is 6.82. The number of hydrogen-bond acceptors (Lipinski definition) is 5. The molecule has 1 aromatic heterocycles. The summed E-state index contributed by atoms with van der Waals surface area (Å²) in [7, 11) is 1.48. The van der Waals surface area contributed by atoms with Crippen molar-refractivity contribution < 1.29 is 19.1 Å². The molecule has 2 heterocycles. The van der Waals surface area contributed by atoms with Crippen molar-refractivity contribution in [1.82, 2.24) is 10.3 Å². The first-order valence-electron chi connectivity index (χ1n) is 8.56. The Labute approximate surface area is 151 Å². The van der Waals surface area contributed by atoms with Crippen molar-refractivity contribution >= 4 is 22.6 Å². The molecule has 2 aromatic rings. The van der Waals surface area contributed by atoms with Gasteiger partial charge in [-0.3, -0.25) is 9.59 Å². The number of fused-ring (bicyclic) bond motifs is 1. The highest BCUT2D eigenvalue weighted by atomic mass is 16.5. The van der Waals surface area contributed by atoms with E-state index in [-0.39, 0.29) is 17.4 Å². The van der Waals surface area contributed by atoms with Gasteiger partial charge >= 0.3 is 0 Å². The highest BCUT2D eigenvalue weighted by Gasteiger charge is 2.42. The number of nitrogens with zero attached hydrogens (tertiary/aromatic N) is 1. The molecule has 0 saturated carbocycles. The van der Waals surface area contributed by atoms with Crippen LogP contribution in [0.1, 0.15) is 37.0 Å². The molecule has 1 fully saturated rings. The first-order valence-corrected chi connectivity index (χ1v) is 8.56. The van der Waals surface area contributed by atoms with Gasteiger partial charge in [-0.15, -0.1) is 0 Å². The number of benzene rings is 1. The van der Waals surface area contributed by atoms with E-state index in [0.717, 1.165) is 17.2 Å². The molecule has 0 unspecified atom stereocenters. The van der Waals surface area contributed by atoms with Crippen LogP contribution in [0.25, 0.3) is 10.8 Å². The Morgan fingerprint density at radius 2 is 2.23 bits per heavy atom. The van der Waals surface area contributed by atoms with Gasteiger partial charge < -0.3 is 20.5 Å². The number of aromatic nitrogens is 1. The van der Waals surface area contributed by atoms with E-state index in [9.17, 15) is 9.59 Å². The fourth-order valence-electron chi connectivity index (χ4n) is 3.34. The first kappa shape index (κ1) is 18.0. The highest BCUT2D eigenvalue weighted by molar-refractivity contribution is 6.01. The number of ether oxygens (including phenoxy) is 2. The summed E-state index contributed by atoms with van der Waals surface area (Å²) in [6.07, 6.45) is 2.98. The highest BCUT2D eigenvalue weighted by Crippen LogP contribution is 2.36. The second-order valence-electron chi connectivity index (χ2n) is 6.87. The molecule has 1 aromatic carbocycles. The lowest BCUT2D eigenvalue weighted by molar-refractivity contribution is -0.119. The lowest BCUT2D eigenvalue weighted by Gasteiger charge is -2.28. The van der Waals surface area contributed by atoms with E-state index in [2.05, 4.69) is 24.1 Å². The number of nitrogens with two attached hydrogens (primary N) is 1. The zero-order valence-corrected chi connectivity index (χ0v) is 15.2. The largest absolute Gasteiger partial charge is 0.496 e. The van der Waals surface area contributed by atoms with Crippen molar-refractivity contribution in [3.8, 4) is 11.6 Å². The van der Waals surface area contributed by atoms with Crippen LogP contribution in [0.2, 0.25) is 0 Å². The van der Waals surface area contributed by atoms with Crippen molar-refractivity contribution in [2.45, 2.75) is 32.7 Å². The quantitative estimate of drug-likeness (QED) is 0.823. The number of primary amides is 1. The zero-order chi connectivity index (χ0) is 18.9. The third-order valence-electron chi connectivity index (χ3n) is 5.25. The van der Waals surface area contributed by atoms with Crippen molar-refractivity contribution in [3.05, 3.63) is 30.0 Å². The predicted octanol–water partition coefficient (Wildman–Crippen LogP) is 2.03. The Morgan fingerprint density at radius 1 is 1.46 bits per heavy atom. The number of carbonyl (C=O) groups is 2. The van der Waals surface area contributed by atoms with Gasteiger partial charge in [-0.2, -0.15) is 0 Å². The predicted molar refractivity (Wildman–Crippen MR) is 97.3 cm³/mol. The average molecular weight is 357 g/mol. The average Bonchev–Trinajstić information content (AvgIpc) is 2.92. The molecular formula is C19H23N3O4. The Morgan fingerprint density at radius 3 is 2.88 bits per heavy atom. The van der Waals surface area contributed by atoms with E-state index in [1.807, 2.05) is 0 Å². The van der Waals surface area contributed by atoms with Gasteiger partial charge in [0.15, 0.2) is 0 Å². The molecule has 2 amide bonds. The summed E-state index contributed by atoms with van der Waals surface area (Å²) >= 11 is 0. The van der Waals surface area contributed by atoms with Gasteiger partial charge in [0.1, 0.15) is 12.4 Å². The summed E-state index contributed by atoms with van der Waals surface area (Å²) in [4.78, 5) is 27.7. The van der Waals surface area contributed by atoms with Crippen LogP contribution in [-0.2, 0) is 4.79 Å². The molecule has 1 aliphatic heterocycles. The smallest absolute Gasteiger partial charge is 0.252 e. The van der Waals surface area contributed by atoms with Gasteiger partial charge in [0, 0.05) is 18.0 Å². The maximum absolute atomic E-state index is 11.8. The summed E-state index contributed by atoms with van der Waals surface area (Å²) < 4.78 is 11.2. The van der Waals surface area contributed by atoms with Crippen molar-refractivity contribution in [2.75, 3.05) is 13.7 Å². The summed E-state index contributed by atoms with van der Waals surface area (Å²) in [6, 6.07) is 5.06. The number of amides is 2. The van der Waals surface area contributed by atoms with Crippen LogP contribution < -0.4 is 20.5 Å². The Balaban J connectivity index is 1.91. The number of hydrogen-bond donors (Lipinski definition) is 2. The van der Waals surface area contributed by atoms with Crippen molar-refractivity contribution in [3.63, 3.8) is 0 Å². The normalized spacial score (nSPS) is 22.3. The van der Waals surface area contributed by atoms with Crippen LogP contribution in [0.4, 0.5) is 0 Å². The molecule has 26 heavy (non-hydrogen) atoms. The van der Waals surface area contributed by atoms with E-state index >= 15 is 0 Å². The van der Waals surface area contributed by atoms with E-state index in [1.165, 1.54) is 7.11 Å². The fraction of sp³-hybridized carbons (Fsp3) is 0.421. The van der Waals surface area contributed by atoms with Crippen LogP contribution in [0.3, 0.4) is 0 Å². The number of methoxy groups -OCH3 is 1. The Hall–Kier alpha value is -2.83. The lowest BCUT2D eigenvalue weighted by Crippen LogP contribution is -2.40. The first-order chi connectivity index (χ1) is 12.4. The fourth-order valence-corrected chi connectivity index (χ4v) is 3.34. The van der Waals surface area contributed by atoms with Crippen LogP contribution in [0.5, 0.6) is 11.6 Å². The Bertz CT molecular complexity index is 867. The number of carbonyl (C=O) groups excluding carboxylic acids is 2. The SMILES string of the molecule is CC[C@]1(C)CC(=O)N[C@@H]1COc1nccc2cc(C(N)=O)c(OC)cc12. The molecule has 0 aliphatic carbocycles. The van der Waals surface area contributed by atoms with Gasteiger partial charge in [0.2, 0.25) is 11.8 Å². The summed E-state index contributed by atoms with van der Waals surface area (Å²) in [5, 5.41) is 4.48. The molecule has 138 valence electrons. The lowest BCUT2D eigenvalue weighted by atomic mass is 9.80. The van der Waals surface area contributed by atoms with E-state index < -0.39 is 5.91 Å². The maximum Gasteiger partial charge on any atom is 0.252 e. The minimum atomic E-state index is -0.560. The summed E-state index contributed by atoms with van der Waals surface area (Å²) in [5.74, 6) is 0.281. The zero-order valence-electron chi connectivity index (χ0n) is 15.2. The Kier molecular flexibility index (Phi) is 4.71. The van der Waals surface area contributed by atoms with Gasteiger partial charge in [-0.05, 0) is 35.4 Å². The van der Waals surface area contributed by atoms with E-state index in [1.54, 1.807) is 24.4 Å². The maximum atomic E-state index is 11.8. The van der Waals surface area contributed by atoms with E-state index in [4.69, 9.17) is 15.2 Å². The minimum absolute atomic E-state index is 0.0431. The molecule has 0 bridgehead atoms. The molecule has 1 saturated heterocycles. The summed E-state index contributed by atoms with van der Waals surface area (Å²) in [6.45, 7) is 4.47. The molecule has 7 heteroatoms. The van der Waals surface area contributed by atoms with Crippen LogP contribution >= 0.6 is 0 Å². The molecular weight excluding hydrogens is 334 g/mol. The molecule has 0 spiro atoms. The van der Waals surface area contributed by atoms with Gasteiger partial charge in [-0.1, -0.05) is 13.8 Å².